The molecule has 0 radical (unpaired) electrons. The fraction of sp³-hybridized carbons (Fsp3) is 0.385. The maximum atomic E-state index is 12.2. The number of ether oxygens (including phenoxy) is 1. The summed E-state index contributed by atoms with van der Waals surface area (Å²) >= 11 is 0. The summed E-state index contributed by atoms with van der Waals surface area (Å²) in [6.45, 7) is 1.33. The molecule has 1 aromatic carbocycles. The molecule has 0 spiro atoms. The molecule has 102 valence electrons. The number of carbonyl (C=O) groups excluding carboxylic acids is 1. The molecule has 1 heterocycles. The van der Waals surface area contributed by atoms with Crippen molar-refractivity contribution in [2.75, 3.05) is 20.2 Å². The molecule has 1 aliphatic rings. The monoisotopic (exact) mass is 263 g/mol. The Labute approximate surface area is 111 Å². The van der Waals surface area contributed by atoms with E-state index in [4.69, 9.17) is 15.7 Å². The van der Waals surface area contributed by atoms with Crippen molar-refractivity contribution in [3.05, 3.63) is 35.4 Å². The molecular weight excluding hydrogens is 246 g/mol. The summed E-state index contributed by atoms with van der Waals surface area (Å²) in [5.74, 6) is 0.00484. The lowest BCUT2D eigenvalue weighted by Crippen LogP contribution is -2.30. The molecule has 6 nitrogen and oxygen atoms in total. The molecule has 1 aliphatic heterocycles. The Bertz CT molecular complexity index is 484. The molecule has 1 saturated heterocycles. The van der Waals surface area contributed by atoms with E-state index >= 15 is 0 Å². The second-order valence-corrected chi connectivity index (χ2v) is 4.46. The molecule has 1 aromatic rings. The zero-order valence-corrected chi connectivity index (χ0v) is 10.7. The third-order valence-corrected chi connectivity index (χ3v) is 3.30. The van der Waals surface area contributed by atoms with E-state index in [-0.39, 0.29) is 17.8 Å². The van der Waals surface area contributed by atoms with Gasteiger partial charge in [-0.1, -0.05) is 17.3 Å². The van der Waals surface area contributed by atoms with Gasteiger partial charge in [0.2, 0.25) is 0 Å². The Kier molecular flexibility index (Phi) is 4.01. The van der Waals surface area contributed by atoms with Gasteiger partial charge in [-0.3, -0.25) is 4.79 Å². The van der Waals surface area contributed by atoms with Gasteiger partial charge in [0, 0.05) is 31.3 Å². The molecule has 3 N–H and O–H groups in total. The van der Waals surface area contributed by atoms with Crippen LogP contribution in [0.2, 0.25) is 0 Å². The van der Waals surface area contributed by atoms with E-state index in [2.05, 4.69) is 5.16 Å². The maximum Gasteiger partial charge on any atom is 0.253 e. The second-order valence-electron chi connectivity index (χ2n) is 4.46. The molecule has 0 aromatic heterocycles. The number of hydrogen-bond acceptors (Lipinski definition) is 4. The zero-order valence-electron chi connectivity index (χ0n) is 10.7. The fourth-order valence-corrected chi connectivity index (χ4v) is 2.13. The van der Waals surface area contributed by atoms with E-state index in [9.17, 15) is 4.79 Å². The SMILES string of the molecule is COC1CCN(C(=O)c2ccc(/C(N)=N/O)cc2)C1. The van der Waals surface area contributed by atoms with Crippen molar-refractivity contribution in [2.45, 2.75) is 12.5 Å². The third-order valence-electron chi connectivity index (χ3n) is 3.30. The minimum Gasteiger partial charge on any atom is -0.409 e. The van der Waals surface area contributed by atoms with Crippen LogP contribution in [-0.2, 0) is 4.74 Å². The molecule has 2 rings (SSSR count). The van der Waals surface area contributed by atoms with Crippen LogP contribution in [0.15, 0.2) is 29.4 Å². The van der Waals surface area contributed by atoms with Crippen molar-refractivity contribution in [3.8, 4) is 0 Å². The lowest BCUT2D eigenvalue weighted by Gasteiger charge is -2.16. The van der Waals surface area contributed by atoms with Gasteiger partial charge in [0.05, 0.1) is 6.10 Å². The maximum absolute atomic E-state index is 12.2. The number of oxime groups is 1. The highest BCUT2D eigenvalue weighted by molar-refractivity contribution is 5.99. The Hall–Kier alpha value is -2.08. The minimum absolute atomic E-state index is 0.0226. The first-order valence-corrected chi connectivity index (χ1v) is 6.05. The fourth-order valence-electron chi connectivity index (χ4n) is 2.13. The van der Waals surface area contributed by atoms with Gasteiger partial charge in [-0.15, -0.1) is 0 Å². The smallest absolute Gasteiger partial charge is 0.253 e. The van der Waals surface area contributed by atoms with Gasteiger partial charge in [-0.05, 0) is 18.6 Å². The number of carbonyl (C=O) groups is 1. The van der Waals surface area contributed by atoms with Crippen molar-refractivity contribution in [3.63, 3.8) is 0 Å². The first-order valence-electron chi connectivity index (χ1n) is 6.05. The molecular formula is C13H17N3O3. The number of rotatable bonds is 3. The van der Waals surface area contributed by atoms with Crippen LogP contribution in [0.25, 0.3) is 0 Å². The average Bonchev–Trinajstić information content (AvgIpc) is 2.94. The highest BCUT2D eigenvalue weighted by atomic mass is 16.5. The minimum atomic E-state index is -0.0226. The number of hydrogen-bond donors (Lipinski definition) is 2. The number of nitrogens with two attached hydrogens (primary N) is 1. The molecule has 6 heteroatoms. The number of benzene rings is 1. The molecule has 0 aliphatic carbocycles. The van der Waals surface area contributed by atoms with Crippen molar-refractivity contribution in [1.82, 2.24) is 4.90 Å². The molecule has 19 heavy (non-hydrogen) atoms. The van der Waals surface area contributed by atoms with Crippen molar-refractivity contribution >= 4 is 11.7 Å². The third kappa shape index (κ3) is 2.85. The molecule has 1 amide bonds. The number of amides is 1. The highest BCUT2D eigenvalue weighted by Crippen LogP contribution is 2.16. The van der Waals surface area contributed by atoms with Gasteiger partial charge in [0.25, 0.3) is 5.91 Å². The summed E-state index contributed by atoms with van der Waals surface area (Å²) in [5.41, 5.74) is 6.63. The van der Waals surface area contributed by atoms with Gasteiger partial charge >= 0.3 is 0 Å². The Balaban J connectivity index is 2.08. The molecule has 1 unspecified atom stereocenters. The van der Waals surface area contributed by atoms with Crippen LogP contribution in [-0.4, -0.2) is 48.2 Å². The van der Waals surface area contributed by atoms with Crippen LogP contribution >= 0.6 is 0 Å². The summed E-state index contributed by atoms with van der Waals surface area (Å²) in [5, 5.41) is 11.5. The predicted octanol–water partition coefficient (Wildman–Crippen LogP) is 0.642. The van der Waals surface area contributed by atoms with Gasteiger partial charge < -0.3 is 20.6 Å². The van der Waals surface area contributed by atoms with Crippen molar-refractivity contribution in [2.24, 2.45) is 10.9 Å². The topological polar surface area (TPSA) is 88.2 Å². The van der Waals surface area contributed by atoms with Crippen LogP contribution in [0.5, 0.6) is 0 Å². The van der Waals surface area contributed by atoms with Crippen molar-refractivity contribution < 1.29 is 14.7 Å². The normalized spacial score (nSPS) is 19.7. The number of methoxy groups -OCH3 is 1. The standard InChI is InChI=1S/C13H17N3O3/c1-19-11-6-7-16(8-11)13(17)10-4-2-9(3-5-10)12(14)15-18/h2-5,11,18H,6-8H2,1H3,(H2,14,15). The molecule has 1 atom stereocenters. The summed E-state index contributed by atoms with van der Waals surface area (Å²) in [6.07, 6.45) is 0.991. The van der Waals surface area contributed by atoms with E-state index < -0.39 is 0 Å². The van der Waals surface area contributed by atoms with Gasteiger partial charge in [0.1, 0.15) is 0 Å². The summed E-state index contributed by atoms with van der Waals surface area (Å²) in [6, 6.07) is 6.67. The summed E-state index contributed by atoms with van der Waals surface area (Å²) < 4.78 is 5.24. The Morgan fingerprint density at radius 1 is 1.42 bits per heavy atom. The van der Waals surface area contributed by atoms with Crippen molar-refractivity contribution in [1.29, 1.82) is 0 Å². The predicted molar refractivity (Wildman–Crippen MR) is 70.3 cm³/mol. The largest absolute Gasteiger partial charge is 0.409 e. The first kappa shape index (κ1) is 13.4. The Morgan fingerprint density at radius 2 is 2.05 bits per heavy atom. The van der Waals surface area contributed by atoms with Crippen LogP contribution < -0.4 is 5.73 Å². The average molecular weight is 263 g/mol. The quantitative estimate of drug-likeness (QED) is 0.362. The van der Waals surface area contributed by atoms with Crippen LogP contribution in [0, 0.1) is 0 Å². The van der Waals surface area contributed by atoms with Gasteiger partial charge in [-0.2, -0.15) is 0 Å². The highest BCUT2D eigenvalue weighted by Gasteiger charge is 2.26. The summed E-state index contributed by atoms with van der Waals surface area (Å²) in [4.78, 5) is 14.0. The number of nitrogens with zero attached hydrogens (tertiary/aromatic N) is 2. The lowest BCUT2D eigenvalue weighted by molar-refractivity contribution is 0.0724. The second kappa shape index (κ2) is 5.71. The number of likely N-dealkylation sites (tertiary alicyclic amines) is 1. The van der Waals surface area contributed by atoms with E-state index in [1.54, 1.807) is 36.3 Å². The molecule has 1 fully saturated rings. The van der Waals surface area contributed by atoms with E-state index in [0.717, 1.165) is 6.42 Å². The van der Waals surface area contributed by atoms with E-state index in [0.29, 0.717) is 24.2 Å². The van der Waals surface area contributed by atoms with E-state index in [1.165, 1.54) is 0 Å². The van der Waals surface area contributed by atoms with Crippen LogP contribution in [0.1, 0.15) is 22.3 Å². The van der Waals surface area contributed by atoms with E-state index in [1.807, 2.05) is 0 Å². The van der Waals surface area contributed by atoms with Gasteiger partial charge in [0.15, 0.2) is 5.84 Å². The molecule has 0 saturated carbocycles. The van der Waals surface area contributed by atoms with Gasteiger partial charge in [-0.25, -0.2) is 0 Å². The van der Waals surface area contributed by atoms with Crippen LogP contribution in [0.4, 0.5) is 0 Å². The lowest BCUT2D eigenvalue weighted by atomic mass is 10.1. The zero-order chi connectivity index (χ0) is 13.8. The summed E-state index contributed by atoms with van der Waals surface area (Å²) in [7, 11) is 1.66. The molecule has 0 bridgehead atoms. The van der Waals surface area contributed by atoms with Crippen LogP contribution in [0.3, 0.4) is 0 Å². The number of amidine groups is 1. The first-order chi connectivity index (χ1) is 9.15. The Morgan fingerprint density at radius 3 is 2.58 bits per heavy atom.